The van der Waals surface area contributed by atoms with Crippen molar-refractivity contribution in [2.24, 2.45) is 0 Å². The van der Waals surface area contributed by atoms with E-state index in [2.05, 4.69) is 5.32 Å². The third kappa shape index (κ3) is 4.87. The standard InChI is InChI=1S/C17H25NO2/c1-17(2,3)20-15-10-8-13(9-11-15)12-16(19)18-14-6-4-5-7-14/h8-11,14H,4-7,12H2,1-3H3,(H,18,19). The number of benzene rings is 1. The normalized spacial score (nSPS) is 16.1. The van der Waals surface area contributed by atoms with E-state index in [4.69, 9.17) is 4.74 Å². The van der Waals surface area contributed by atoms with Gasteiger partial charge in [-0.2, -0.15) is 0 Å². The maximum atomic E-state index is 11.9. The second kappa shape index (κ2) is 6.29. The molecule has 1 saturated carbocycles. The van der Waals surface area contributed by atoms with Crippen LogP contribution in [0.4, 0.5) is 0 Å². The predicted octanol–water partition coefficient (Wildman–Crippen LogP) is 3.47. The average Bonchev–Trinajstić information content (AvgIpc) is 2.82. The highest BCUT2D eigenvalue weighted by Crippen LogP contribution is 2.20. The Labute approximate surface area is 121 Å². The third-order valence-electron chi connectivity index (χ3n) is 3.43. The van der Waals surface area contributed by atoms with Gasteiger partial charge < -0.3 is 10.1 Å². The Morgan fingerprint density at radius 3 is 2.35 bits per heavy atom. The Bertz CT molecular complexity index is 439. The zero-order chi connectivity index (χ0) is 14.6. The summed E-state index contributed by atoms with van der Waals surface area (Å²) in [4.78, 5) is 11.9. The van der Waals surface area contributed by atoms with Crippen LogP contribution in [-0.2, 0) is 11.2 Å². The fourth-order valence-corrected chi connectivity index (χ4v) is 2.56. The van der Waals surface area contributed by atoms with Crippen molar-refractivity contribution in [1.82, 2.24) is 5.32 Å². The van der Waals surface area contributed by atoms with Gasteiger partial charge in [-0.25, -0.2) is 0 Å². The molecule has 1 amide bonds. The van der Waals surface area contributed by atoms with Gasteiger partial charge in [-0.05, 0) is 51.3 Å². The van der Waals surface area contributed by atoms with Crippen LogP contribution in [0.5, 0.6) is 5.75 Å². The van der Waals surface area contributed by atoms with Crippen molar-refractivity contribution < 1.29 is 9.53 Å². The molecule has 0 aromatic heterocycles. The monoisotopic (exact) mass is 275 g/mol. The van der Waals surface area contributed by atoms with E-state index in [1.165, 1.54) is 12.8 Å². The van der Waals surface area contributed by atoms with Gasteiger partial charge in [0.2, 0.25) is 5.91 Å². The van der Waals surface area contributed by atoms with Gasteiger partial charge in [0.05, 0.1) is 6.42 Å². The van der Waals surface area contributed by atoms with Crippen molar-refractivity contribution in [3.8, 4) is 5.75 Å². The highest BCUT2D eigenvalue weighted by molar-refractivity contribution is 5.78. The highest BCUT2D eigenvalue weighted by atomic mass is 16.5. The maximum absolute atomic E-state index is 11.9. The molecule has 0 aliphatic heterocycles. The second-order valence-corrected chi connectivity index (χ2v) is 6.58. The largest absolute Gasteiger partial charge is 0.488 e. The summed E-state index contributed by atoms with van der Waals surface area (Å²) in [5.74, 6) is 0.971. The molecular formula is C17H25NO2. The van der Waals surface area contributed by atoms with E-state index in [1.807, 2.05) is 45.0 Å². The van der Waals surface area contributed by atoms with Gasteiger partial charge in [-0.1, -0.05) is 25.0 Å². The number of hydrogen-bond acceptors (Lipinski definition) is 2. The van der Waals surface area contributed by atoms with Crippen LogP contribution in [0.1, 0.15) is 52.0 Å². The lowest BCUT2D eigenvalue weighted by Gasteiger charge is -2.21. The molecule has 0 saturated heterocycles. The summed E-state index contributed by atoms with van der Waals surface area (Å²) < 4.78 is 5.77. The molecule has 0 atom stereocenters. The Balaban J connectivity index is 1.85. The van der Waals surface area contributed by atoms with E-state index in [9.17, 15) is 4.79 Å². The molecule has 1 aromatic rings. The summed E-state index contributed by atoms with van der Waals surface area (Å²) in [5, 5.41) is 3.11. The number of carbonyl (C=O) groups is 1. The van der Waals surface area contributed by atoms with Crippen LogP contribution in [-0.4, -0.2) is 17.6 Å². The van der Waals surface area contributed by atoms with E-state index >= 15 is 0 Å². The molecule has 3 heteroatoms. The minimum absolute atomic E-state index is 0.126. The van der Waals surface area contributed by atoms with Crippen molar-refractivity contribution in [3.05, 3.63) is 29.8 Å². The zero-order valence-corrected chi connectivity index (χ0v) is 12.7. The first kappa shape index (κ1) is 14.9. The first-order chi connectivity index (χ1) is 9.42. The number of carbonyl (C=O) groups excluding carboxylic acids is 1. The maximum Gasteiger partial charge on any atom is 0.224 e. The molecule has 20 heavy (non-hydrogen) atoms. The smallest absolute Gasteiger partial charge is 0.224 e. The molecule has 2 rings (SSSR count). The summed E-state index contributed by atoms with van der Waals surface area (Å²) in [5.41, 5.74) is 0.836. The third-order valence-corrected chi connectivity index (χ3v) is 3.43. The number of nitrogens with one attached hydrogen (secondary N) is 1. The highest BCUT2D eigenvalue weighted by Gasteiger charge is 2.17. The van der Waals surface area contributed by atoms with Crippen molar-refractivity contribution in [3.63, 3.8) is 0 Å². The molecule has 0 unspecified atom stereocenters. The van der Waals surface area contributed by atoms with Crippen LogP contribution >= 0.6 is 0 Å². The Kier molecular flexibility index (Phi) is 4.69. The van der Waals surface area contributed by atoms with Gasteiger partial charge >= 0.3 is 0 Å². The molecule has 0 heterocycles. The van der Waals surface area contributed by atoms with Crippen molar-refractivity contribution >= 4 is 5.91 Å². The van der Waals surface area contributed by atoms with Crippen LogP contribution in [0.3, 0.4) is 0 Å². The molecule has 1 aliphatic rings. The lowest BCUT2D eigenvalue weighted by Crippen LogP contribution is -2.33. The van der Waals surface area contributed by atoms with Crippen LogP contribution < -0.4 is 10.1 Å². The molecule has 0 radical (unpaired) electrons. The van der Waals surface area contributed by atoms with Crippen molar-refractivity contribution in [1.29, 1.82) is 0 Å². The summed E-state index contributed by atoms with van der Waals surface area (Å²) in [6, 6.07) is 8.20. The van der Waals surface area contributed by atoms with E-state index in [1.54, 1.807) is 0 Å². The topological polar surface area (TPSA) is 38.3 Å². The van der Waals surface area contributed by atoms with Crippen molar-refractivity contribution in [2.45, 2.75) is 64.5 Å². The SMILES string of the molecule is CC(C)(C)Oc1ccc(CC(=O)NC2CCCC2)cc1. The summed E-state index contributed by atoms with van der Waals surface area (Å²) in [7, 11) is 0. The molecule has 1 N–H and O–H groups in total. The molecule has 1 aromatic carbocycles. The Morgan fingerprint density at radius 1 is 1.20 bits per heavy atom. The fraction of sp³-hybridized carbons (Fsp3) is 0.588. The van der Waals surface area contributed by atoms with Gasteiger partial charge in [0, 0.05) is 6.04 Å². The molecular weight excluding hydrogens is 250 g/mol. The van der Waals surface area contributed by atoms with Crippen molar-refractivity contribution in [2.75, 3.05) is 0 Å². The first-order valence-corrected chi connectivity index (χ1v) is 7.50. The van der Waals surface area contributed by atoms with E-state index in [-0.39, 0.29) is 11.5 Å². The molecule has 0 spiro atoms. The van der Waals surface area contributed by atoms with E-state index in [0.29, 0.717) is 12.5 Å². The van der Waals surface area contributed by atoms with Gasteiger partial charge in [0.1, 0.15) is 11.4 Å². The lowest BCUT2D eigenvalue weighted by molar-refractivity contribution is -0.121. The quantitative estimate of drug-likeness (QED) is 0.913. The summed E-state index contributed by atoms with van der Waals surface area (Å²) >= 11 is 0. The Morgan fingerprint density at radius 2 is 1.80 bits per heavy atom. The lowest BCUT2D eigenvalue weighted by atomic mass is 10.1. The van der Waals surface area contributed by atoms with Gasteiger partial charge in [-0.15, -0.1) is 0 Å². The summed E-state index contributed by atoms with van der Waals surface area (Å²) in [6.07, 6.45) is 5.19. The minimum atomic E-state index is -0.193. The number of ether oxygens (including phenoxy) is 1. The molecule has 110 valence electrons. The average molecular weight is 275 g/mol. The molecule has 0 bridgehead atoms. The van der Waals surface area contributed by atoms with Gasteiger partial charge in [-0.3, -0.25) is 4.79 Å². The molecule has 1 fully saturated rings. The molecule has 1 aliphatic carbocycles. The van der Waals surface area contributed by atoms with E-state index < -0.39 is 0 Å². The number of hydrogen-bond donors (Lipinski definition) is 1. The minimum Gasteiger partial charge on any atom is -0.488 e. The van der Waals surface area contributed by atoms with E-state index in [0.717, 1.165) is 24.2 Å². The first-order valence-electron chi connectivity index (χ1n) is 7.50. The van der Waals surface area contributed by atoms with Gasteiger partial charge in [0.25, 0.3) is 0 Å². The fourth-order valence-electron chi connectivity index (χ4n) is 2.56. The second-order valence-electron chi connectivity index (χ2n) is 6.58. The van der Waals surface area contributed by atoms with Crippen LogP contribution in [0.2, 0.25) is 0 Å². The number of rotatable bonds is 4. The zero-order valence-electron chi connectivity index (χ0n) is 12.7. The molecule has 3 nitrogen and oxygen atoms in total. The van der Waals surface area contributed by atoms with Crippen LogP contribution in [0.15, 0.2) is 24.3 Å². The predicted molar refractivity (Wildman–Crippen MR) is 80.9 cm³/mol. The van der Waals surface area contributed by atoms with Crippen LogP contribution in [0.25, 0.3) is 0 Å². The van der Waals surface area contributed by atoms with Crippen LogP contribution in [0, 0.1) is 0 Å². The number of amides is 1. The van der Waals surface area contributed by atoms with Gasteiger partial charge in [0.15, 0.2) is 0 Å². The summed E-state index contributed by atoms with van der Waals surface area (Å²) in [6.45, 7) is 6.07. The Hall–Kier alpha value is -1.51.